The van der Waals surface area contributed by atoms with Gasteiger partial charge in [-0.15, -0.1) is 11.3 Å². The van der Waals surface area contributed by atoms with E-state index in [0.717, 1.165) is 11.1 Å². The number of hydrogen-bond acceptors (Lipinski definition) is 5. The third-order valence-corrected chi connectivity index (χ3v) is 4.93. The first-order chi connectivity index (χ1) is 11.4. The van der Waals surface area contributed by atoms with Crippen molar-refractivity contribution in [2.45, 2.75) is 13.3 Å². The highest BCUT2D eigenvalue weighted by molar-refractivity contribution is 7.88. The third kappa shape index (κ3) is 5.63. The van der Waals surface area contributed by atoms with Crippen molar-refractivity contribution in [2.24, 2.45) is 0 Å². The Morgan fingerprint density at radius 2 is 1.96 bits per heavy atom. The van der Waals surface area contributed by atoms with Gasteiger partial charge in [-0.3, -0.25) is 4.79 Å². The lowest BCUT2D eigenvalue weighted by atomic mass is 10.3. The minimum Gasteiger partial charge on any atom is -0.492 e. The van der Waals surface area contributed by atoms with E-state index in [1.165, 1.54) is 11.3 Å². The Morgan fingerprint density at radius 1 is 1.21 bits per heavy atom. The van der Waals surface area contributed by atoms with Gasteiger partial charge in [-0.05, 0) is 37.6 Å². The summed E-state index contributed by atoms with van der Waals surface area (Å²) in [4.78, 5) is 13.9. The zero-order chi connectivity index (χ0) is 17.6. The topological polar surface area (TPSA) is 84.5 Å². The molecule has 0 unspecified atom stereocenters. The van der Waals surface area contributed by atoms with Crippen LogP contribution in [0.3, 0.4) is 0 Å². The Bertz CT molecular complexity index is 800. The largest absolute Gasteiger partial charge is 0.492 e. The van der Waals surface area contributed by atoms with E-state index in [2.05, 4.69) is 10.0 Å². The lowest BCUT2D eigenvalue weighted by Gasteiger charge is -2.10. The number of benzene rings is 1. The van der Waals surface area contributed by atoms with E-state index in [1.54, 1.807) is 18.2 Å². The Hall–Kier alpha value is -1.90. The number of ether oxygens (including phenoxy) is 1. The SMILES string of the molecule is CCOc1ccccc1NC(=O)c1ccc(CCNS(C)(=O)=O)s1. The fourth-order valence-corrected chi connectivity index (χ4v) is 3.40. The maximum atomic E-state index is 12.3. The summed E-state index contributed by atoms with van der Waals surface area (Å²) in [6.07, 6.45) is 1.66. The number of thiophene rings is 1. The van der Waals surface area contributed by atoms with Crippen LogP contribution in [0.5, 0.6) is 5.75 Å². The third-order valence-electron chi connectivity index (χ3n) is 3.06. The van der Waals surface area contributed by atoms with Gasteiger partial charge in [0.15, 0.2) is 0 Å². The van der Waals surface area contributed by atoms with E-state index in [4.69, 9.17) is 4.74 Å². The van der Waals surface area contributed by atoms with E-state index >= 15 is 0 Å². The molecule has 130 valence electrons. The number of sulfonamides is 1. The second-order valence-corrected chi connectivity index (χ2v) is 8.07. The molecular weight excluding hydrogens is 348 g/mol. The van der Waals surface area contributed by atoms with Gasteiger partial charge in [0.25, 0.3) is 5.91 Å². The van der Waals surface area contributed by atoms with Crippen molar-refractivity contribution >= 4 is 33.0 Å². The second kappa shape index (κ2) is 8.27. The van der Waals surface area contributed by atoms with Gasteiger partial charge < -0.3 is 10.1 Å². The van der Waals surface area contributed by atoms with Gasteiger partial charge in [0.2, 0.25) is 10.0 Å². The molecule has 0 atom stereocenters. The number of para-hydroxylation sites is 2. The summed E-state index contributed by atoms with van der Waals surface area (Å²) in [6, 6.07) is 10.8. The summed E-state index contributed by atoms with van der Waals surface area (Å²) in [5.41, 5.74) is 0.623. The average molecular weight is 368 g/mol. The number of nitrogens with one attached hydrogen (secondary N) is 2. The van der Waals surface area contributed by atoms with Gasteiger partial charge in [-0.2, -0.15) is 0 Å². The molecule has 0 spiro atoms. The number of amides is 1. The molecule has 0 aliphatic heterocycles. The Kier molecular flexibility index (Phi) is 6.36. The highest BCUT2D eigenvalue weighted by atomic mass is 32.2. The number of carbonyl (C=O) groups excluding carboxylic acids is 1. The van der Waals surface area contributed by atoms with Crippen LogP contribution < -0.4 is 14.8 Å². The van der Waals surface area contributed by atoms with Crippen LogP contribution in [0.2, 0.25) is 0 Å². The summed E-state index contributed by atoms with van der Waals surface area (Å²) < 4.78 is 30.0. The number of carbonyl (C=O) groups is 1. The van der Waals surface area contributed by atoms with Crippen LogP contribution in [0.25, 0.3) is 0 Å². The summed E-state index contributed by atoms with van der Waals surface area (Å²) in [6.45, 7) is 2.71. The van der Waals surface area contributed by atoms with Crippen molar-refractivity contribution in [1.29, 1.82) is 0 Å². The summed E-state index contributed by atoms with van der Waals surface area (Å²) in [7, 11) is -3.19. The van der Waals surface area contributed by atoms with Gasteiger partial charge >= 0.3 is 0 Å². The van der Waals surface area contributed by atoms with Crippen LogP contribution in [0.1, 0.15) is 21.5 Å². The van der Waals surface area contributed by atoms with E-state index in [0.29, 0.717) is 35.9 Å². The molecule has 0 aliphatic rings. The molecule has 8 heteroatoms. The van der Waals surface area contributed by atoms with E-state index in [1.807, 2.05) is 25.1 Å². The first-order valence-corrected chi connectivity index (χ1v) is 10.2. The van der Waals surface area contributed by atoms with E-state index < -0.39 is 10.0 Å². The smallest absolute Gasteiger partial charge is 0.265 e. The standard InChI is InChI=1S/C16H20N2O4S2/c1-3-22-14-7-5-4-6-13(14)18-16(19)15-9-8-12(23-15)10-11-17-24(2,20)21/h4-9,17H,3,10-11H2,1-2H3,(H,18,19). The van der Waals surface area contributed by atoms with Crippen LogP contribution in [-0.4, -0.2) is 33.7 Å². The second-order valence-electron chi connectivity index (χ2n) is 5.07. The molecular formula is C16H20N2O4S2. The zero-order valence-electron chi connectivity index (χ0n) is 13.5. The van der Waals surface area contributed by atoms with Crippen LogP contribution in [0.15, 0.2) is 36.4 Å². The van der Waals surface area contributed by atoms with Crippen LogP contribution in [0, 0.1) is 0 Å². The van der Waals surface area contributed by atoms with Crippen LogP contribution in [0.4, 0.5) is 5.69 Å². The van der Waals surface area contributed by atoms with Gasteiger partial charge in [-0.1, -0.05) is 12.1 Å². The molecule has 0 fully saturated rings. The predicted octanol–water partition coefficient (Wildman–Crippen LogP) is 2.49. The molecule has 2 rings (SSSR count). The number of rotatable bonds is 8. The molecule has 1 aromatic heterocycles. The first kappa shape index (κ1) is 18.4. The minimum atomic E-state index is -3.19. The molecule has 0 radical (unpaired) electrons. The summed E-state index contributed by atoms with van der Waals surface area (Å²) >= 11 is 1.34. The highest BCUT2D eigenvalue weighted by Crippen LogP contribution is 2.25. The zero-order valence-corrected chi connectivity index (χ0v) is 15.2. The van der Waals surface area contributed by atoms with Crippen molar-refractivity contribution in [2.75, 3.05) is 24.7 Å². The van der Waals surface area contributed by atoms with Crippen molar-refractivity contribution in [3.05, 3.63) is 46.2 Å². The predicted molar refractivity (Wildman–Crippen MR) is 96.4 cm³/mol. The van der Waals surface area contributed by atoms with Gasteiger partial charge in [-0.25, -0.2) is 13.1 Å². The van der Waals surface area contributed by atoms with Gasteiger partial charge in [0.05, 0.1) is 23.4 Å². The van der Waals surface area contributed by atoms with E-state index in [-0.39, 0.29) is 5.91 Å². The van der Waals surface area contributed by atoms with Crippen LogP contribution in [-0.2, 0) is 16.4 Å². The first-order valence-electron chi connectivity index (χ1n) is 7.45. The molecule has 1 amide bonds. The number of hydrogen-bond donors (Lipinski definition) is 2. The minimum absolute atomic E-state index is 0.213. The molecule has 0 aliphatic carbocycles. The number of anilines is 1. The van der Waals surface area contributed by atoms with E-state index in [9.17, 15) is 13.2 Å². The molecule has 1 aromatic carbocycles. The fraction of sp³-hybridized carbons (Fsp3) is 0.312. The molecule has 6 nitrogen and oxygen atoms in total. The Morgan fingerprint density at radius 3 is 2.67 bits per heavy atom. The van der Waals surface area contributed by atoms with Gasteiger partial charge in [0.1, 0.15) is 5.75 Å². The molecule has 0 saturated heterocycles. The maximum Gasteiger partial charge on any atom is 0.265 e. The lowest BCUT2D eigenvalue weighted by molar-refractivity contribution is 0.103. The molecule has 2 aromatic rings. The monoisotopic (exact) mass is 368 g/mol. The van der Waals surface area contributed by atoms with Crippen molar-refractivity contribution in [3.8, 4) is 5.75 Å². The van der Waals surface area contributed by atoms with Gasteiger partial charge in [0, 0.05) is 11.4 Å². The maximum absolute atomic E-state index is 12.3. The van der Waals surface area contributed by atoms with Crippen molar-refractivity contribution < 1.29 is 17.9 Å². The Balaban J connectivity index is 1.99. The highest BCUT2D eigenvalue weighted by Gasteiger charge is 2.12. The molecule has 2 N–H and O–H groups in total. The molecule has 24 heavy (non-hydrogen) atoms. The normalized spacial score (nSPS) is 11.2. The van der Waals surface area contributed by atoms with Crippen molar-refractivity contribution in [1.82, 2.24) is 4.72 Å². The molecule has 1 heterocycles. The quantitative estimate of drug-likeness (QED) is 0.750. The fourth-order valence-electron chi connectivity index (χ4n) is 2.03. The Labute approximate surface area is 145 Å². The van der Waals surface area contributed by atoms with Crippen molar-refractivity contribution in [3.63, 3.8) is 0 Å². The lowest BCUT2D eigenvalue weighted by Crippen LogP contribution is -2.24. The average Bonchev–Trinajstić information content (AvgIpc) is 2.97. The summed E-state index contributed by atoms with van der Waals surface area (Å²) in [5, 5.41) is 2.84. The molecule has 0 bridgehead atoms. The summed E-state index contributed by atoms with van der Waals surface area (Å²) in [5.74, 6) is 0.414. The molecule has 0 saturated carbocycles. The van der Waals surface area contributed by atoms with Crippen LogP contribution >= 0.6 is 11.3 Å².